The molecule has 2 aromatic carbocycles. The van der Waals surface area contributed by atoms with Crippen LogP contribution < -0.4 is 10.2 Å². The first kappa shape index (κ1) is 17.6. The number of aromatic nitrogens is 2. The maximum atomic E-state index is 13.0. The van der Waals surface area contributed by atoms with Crippen molar-refractivity contribution in [3.05, 3.63) is 70.5 Å². The van der Waals surface area contributed by atoms with Gasteiger partial charge in [0.15, 0.2) is 0 Å². The highest BCUT2D eigenvalue weighted by Gasteiger charge is 2.21. The van der Waals surface area contributed by atoms with E-state index in [1.165, 1.54) is 23.5 Å². The number of benzene rings is 2. The monoisotopic (exact) mass is 382 g/mol. The second kappa shape index (κ2) is 7.84. The van der Waals surface area contributed by atoms with E-state index in [4.69, 9.17) is 0 Å². The Morgan fingerprint density at radius 2 is 1.78 bits per heavy atom. The molecule has 1 aliphatic rings. The van der Waals surface area contributed by atoms with Crippen molar-refractivity contribution in [2.45, 2.75) is 25.8 Å². The molecule has 4 rings (SSSR count). The molecule has 1 aromatic heterocycles. The third-order valence-corrected chi connectivity index (χ3v) is 5.38. The molecule has 0 unspecified atom stereocenters. The number of hydrogen-bond acceptors (Lipinski definition) is 5. The minimum absolute atomic E-state index is 0.198. The van der Waals surface area contributed by atoms with Gasteiger partial charge in [0.2, 0.25) is 11.0 Å². The van der Waals surface area contributed by atoms with Gasteiger partial charge in [-0.15, -0.1) is 10.2 Å². The van der Waals surface area contributed by atoms with Crippen LogP contribution >= 0.6 is 11.3 Å². The summed E-state index contributed by atoms with van der Waals surface area (Å²) in [6, 6.07) is 14.4. The molecule has 5 nitrogen and oxygen atoms in total. The van der Waals surface area contributed by atoms with Crippen molar-refractivity contribution in [2.24, 2.45) is 0 Å². The highest BCUT2D eigenvalue weighted by molar-refractivity contribution is 7.15. The number of carbonyl (C=O) groups is 1. The third-order valence-electron chi connectivity index (χ3n) is 4.50. The second-order valence-electron chi connectivity index (χ2n) is 6.47. The normalized spacial score (nSPS) is 14.0. The summed E-state index contributed by atoms with van der Waals surface area (Å²) in [5.74, 6) is -0.0399. The zero-order valence-electron chi connectivity index (χ0n) is 14.7. The standard InChI is InChI=1S/C20H19FN4OS/c21-16-7-3-14(4-8-16)12-18-23-24-20(27-18)22-13-15-5-9-17(10-6-15)25-11-1-2-19(25)26/h3-10H,1-2,11-13H2,(H,22,24). The Morgan fingerprint density at radius 3 is 2.48 bits per heavy atom. The molecule has 0 bridgehead atoms. The molecular formula is C20H19FN4OS. The van der Waals surface area contributed by atoms with E-state index in [9.17, 15) is 9.18 Å². The van der Waals surface area contributed by atoms with Crippen LogP contribution in [0.15, 0.2) is 48.5 Å². The van der Waals surface area contributed by atoms with E-state index in [0.717, 1.165) is 39.9 Å². The predicted octanol–water partition coefficient (Wildman–Crippen LogP) is 4.01. The fourth-order valence-electron chi connectivity index (χ4n) is 3.07. The highest BCUT2D eigenvalue weighted by Crippen LogP contribution is 2.23. The molecule has 1 N–H and O–H groups in total. The van der Waals surface area contributed by atoms with Crippen molar-refractivity contribution in [1.29, 1.82) is 0 Å². The van der Waals surface area contributed by atoms with Crippen molar-refractivity contribution in [3.63, 3.8) is 0 Å². The molecule has 0 aliphatic carbocycles. The number of halogens is 1. The van der Waals surface area contributed by atoms with E-state index >= 15 is 0 Å². The molecule has 3 aromatic rings. The summed E-state index contributed by atoms with van der Waals surface area (Å²) in [7, 11) is 0. The van der Waals surface area contributed by atoms with Crippen LogP contribution in [0.2, 0.25) is 0 Å². The largest absolute Gasteiger partial charge is 0.356 e. The first-order chi connectivity index (χ1) is 13.2. The Balaban J connectivity index is 1.33. The lowest BCUT2D eigenvalue weighted by molar-refractivity contribution is -0.117. The van der Waals surface area contributed by atoms with Crippen molar-refractivity contribution in [2.75, 3.05) is 16.8 Å². The molecule has 1 fully saturated rings. The van der Waals surface area contributed by atoms with Crippen LogP contribution in [0.1, 0.15) is 29.0 Å². The van der Waals surface area contributed by atoms with Crippen molar-refractivity contribution < 1.29 is 9.18 Å². The van der Waals surface area contributed by atoms with Crippen molar-refractivity contribution >= 4 is 28.1 Å². The van der Waals surface area contributed by atoms with Gasteiger partial charge in [-0.2, -0.15) is 0 Å². The van der Waals surface area contributed by atoms with Gasteiger partial charge in [0.25, 0.3) is 0 Å². The van der Waals surface area contributed by atoms with E-state index in [1.807, 2.05) is 29.2 Å². The summed E-state index contributed by atoms with van der Waals surface area (Å²) in [5.41, 5.74) is 3.07. The number of nitrogens with zero attached hydrogens (tertiary/aromatic N) is 3. The fraction of sp³-hybridized carbons (Fsp3) is 0.250. The van der Waals surface area contributed by atoms with Gasteiger partial charge in [-0.25, -0.2) is 4.39 Å². The van der Waals surface area contributed by atoms with Crippen LogP contribution in [0.3, 0.4) is 0 Å². The molecule has 0 atom stereocenters. The lowest BCUT2D eigenvalue weighted by Crippen LogP contribution is -2.23. The number of anilines is 2. The van der Waals surface area contributed by atoms with E-state index in [0.29, 0.717) is 19.4 Å². The first-order valence-electron chi connectivity index (χ1n) is 8.87. The van der Waals surface area contributed by atoms with Crippen LogP contribution in [0, 0.1) is 5.82 Å². The Labute approximate surface area is 160 Å². The SMILES string of the molecule is O=C1CCCN1c1ccc(CNc2nnc(Cc3ccc(F)cc3)s2)cc1. The van der Waals surface area contributed by atoms with Gasteiger partial charge in [-0.1, -0.05) is 35.6 Å². The summed E-state index contributed by atoms with van der Waals surface area (Å²) in [5, 5.41) is 13.3. The van der Waals surface area contributed by atoms with E-state index < -0.39 is 0 Å². The van der Waals surface area contributed by atoms with E-state index in [1.54, 1.807) is 12.1 Å². The smallest absolute Gasteiger partial charge is 0.227 e. The maximum Gasteiger partial charge on any atom is 0.227 e. The Bertz CT molecular complexity index is 924. The summed E-state index contributed by atoms with van der Waals surface area (Å²) >= 11 is 1.50. The average molecular weight is 382 g/mol. The molecule has 2 heterocycles. The molecule has 1 saturated heterocycles. The predicted molar refractivity (Wildman–Crippen MR) is 104 cm³/mol. The summed E-state index contributed by atoms with van der Waals surface area (Å²) < 4.78 is 13.0. The zero-order chi connectivity index (χ0) is 18.6. The van der Waals surface area contributed by atoms with Crippen molar-refractivity contribution in [3.8, 4) is 0 Å². The van der Waals surface area contributed by atoms with Gasteiger partial charge in [0, 0.05) is 31.6 Å². The van der Waals surface area contributed by atoms with Gasteiger partial charge in [-0.3, -0.25) is 4.79 Å². The quantitative estimate of drug-likeness (QED) is 0.700. The Hall–Kier alpha value is -2.80. The number of rotatable bonds is 6. The fourth-order valence-corrected chi connectivity index (χ4v) is 3.84. The van der Waals surface area contributed by atoms with Gasteiger partial charge >= 0.3 is 0 Å². The summed E-state index contributed by atoms with van der Waals surface area (Å²) in [4.78, 5) is 13.6. The molecule has 0 spiro atoms. The zero-order valence-corrected chi connectivity index (χ0v) is 15.5. The van der Waals surface area contributed by atoms with E-state index in [2.05, 4.69) is 15.5 Å². The lowest BCUT2D eigenvalue weighted by atomic mass is 10.2. The molecular weight excluding hydrogens is 363 g/mol. The average Bonchev–Trinajstić information content (AvgIpc) is 3.31. The van der Waals surface area contributed by atoms with Crippen LogP contribution in [0.4, 0.5) is 15.2 Å². The number of carbonyl (C=O) groups excluding carboxylic acids is 1. The topological polar surface area (TPSA) is 58.1 Å². The number of hydrogen-bond donors (Lipinski definition) is 1. The van der Waals surface area contributed by atoms with Gasteiger partial charge < -0.3 is 10.2 Å². The molecule has 138 valence electrons. The molecule has 0 radical (unpaired) electrons. The molecule has 27 heavy (non-hydrogen) atoms. The summed E-state index contributed by atoms with van der Waals surface area (Å²) in [6.07, 6.45) is 2.21. The van der Waals surface area contributed by atoms with Gasteiger partial charge in [0.05, 0.1) is 0 Å². The van der Waals surface area contributed by atoms with Crippen LogP contribution in [-0.2, 0) is 17.8 Å². The highest BCUT2D eigenvalue weighted by atomic mass is 32.1. The molecule has 1 amide bonds. The Morgan fingerprint density at radius 1 is 1.04 bits per heavy atom. The number of nitrogens with one attached hydrogen (secondary N) is 1. The summed E-state index contributed by atoms with van der Waals surface area (Å²) in [6.45, 7) is 1.44. The second-order valence-corrected chi connectivity index (χ2v) is 7.54. The van der Waals surface area contributed by atoms with Gasteiger partial charge in [0.1, 0.15) is 10.8 Å². The minimum Gasteiger partial charge on any atom is -0.356 e. The van der Waals surface area contributed by atoms with Crippen LogP contribution in [-0.4, -0.2) is 22.6 Å². The first-order valence-corrected chi connectivity index (χ1v) is 9.69. The molecule has 1 aliphatic heterocycles. The maximum absolute atomic E-state index is 13.0. The molecule has 7 heteroatoms. The Kier molecular flexibility index (Phi) is 5.11. The van der Waals surface area contributed by atoms with Gasteiger partial charge in [-0.05, 0) is 41.8 Å². The third kappa shape index (κ3) is 4.31. The lowest BCUT2D eigenvalue weighted by Gasteiger charge is -2.15. The van der Waals surface area contributed by atoms with Crippen LogP contribution in [0.5, 0.6) is 0 Å². The molecule has 0 saturated carbocycles. The van der Waals surface area contributed by atoms with Crippen LogP contribution in [0.25, 0.3) is 0 Å². The number of amides is 1. The minimum atomic E-state index is -0.238. The van der Waals surface area contributed by atoms with Crippen molar-refractivity contribution in [1.82, 2.24) is 10.2 Å². The van der Waals surface area contributed by atoms with E-state index in [-0.39, 0.29) is 11.7 Å².